The largest absolute Gasteiger partial charge is 0.379 e. The molecule has 2 heterocycles. The highest BCUT2D eigenvalue weighted by molar-refractivity contribution is 6.33. The van der Waals surface area contributed by atoms with Crippen molar-refractivity contribution >= 4 is 11.6 Å². The molecule has 1 aliphatic heterocycles. The predicted molar refractivity (Wildman–Crippen MR) is 90.2 cm³/mol. The lowest BCUT2D eigenvalue weighted by Crippen LogP contribution is -2.37. The molecule has 0 aliphatic carbocycles. The SMILES string of the molecule is Cc1cnc(-c2ccc(C(C)N3CCOCC3)cc2)c(Cl)c1. The fourth-order valence-electron chi connectivity index (χ4n) is 2.84. The van der Waals surface area contributed by atoms with Crippen molar-refractivity contribution in [2.75, 3.05) is 26.3 Å². The van der Waals surface area contributed by atoms with E-state index in [0.717, 1.165) is 43.1 Å². The first-order chi connectivity index (χ1) is 10.6. The van der Waals surface area contributed by atoms with Crippen LogP contribution in [0.25, 0.3) is 11.3 Å². The van der Waals surface area contributed by atoms with Crippen LogP contribution in [-0.2, 0) is 4.74 Å². The predicted octanol–water partition coefficient (Wildman–Crippen LogP) is 4.10. The minimum Gasteiger partial charge on any atom is -0.379 e. The van der Waals surface area contributed by atoms with Crippen LogP contribution >= 0.6 is 11.6 Å². The third kappa shape index (κ3) is 3.32. The molecular weight excluding hydrogens is 296 g/mol. The number of rotatable bonds is 3. The molecular formula is C18H21ClN2O. The van der Waals surface area contributed by atoms with Crippen molar-refractivity contribution in [3.8, 4) is 11.3 Å². The Bertz CT molecular complexity index is 636. The zero-order chi connectivity index (χ0) is 15.5. The van der Waals surface area contributed by atoms with Crippen molar-refractivity contribution in [3.63, 3.8) is 0 Å². The average Bonchev–Trinajstić information content (AvgIpc) is 2.55. The van der Waals surface area contributed by atoms with E-state index in [4.69, 9.17) is 16.3 Å². The second-order valence-electron chi connectivity index (χ2n) is 5.79. The number of benzene rings is 1. The van der Waals surface area contributed by atoms with Gasteiger partial charge >= 0.3 is 0 Å². The molecule has 0 radical (unpaired) electrons. The molecule has 1 fully saturated rings. The van der Waals surface area contributed by atoms with E-state index in [0.29, 0.717) is 11.1 Å². The van der Waals surface area contributed by atoms with Gasteiger partial charge in [-0.2, -0.15) is 0 Å². The summed E-state index contributed by atoms with van der Waals surface area (Å²) in [5, 5.41) is 0.703. The second kappa shape index (κ2) is 6.78. The Morgan fingerprint density at radius 1 is 1.18 bits per heavy atom. The third-order valence-corrected chi connectivity index (χ3v) is 4.53. The Morgan fingerprint density at radius 2 is 1.86 bits per heavy atom. The summed E-state index contributed by atoms with van der Waals surface area (Å²) >= 11 is 6.30. The summed E-state index contributed by atoms with van der Waals surface area (Å²) in [6.07, 6.45) is 1.85. The van der Waals surface area contributed by atoms with Gasteiger partial charge in [0.25, 0.3) is 0 Å². The Balaban J connectivity index is 1.80. The fraction of sp³-hybridized carbons (Fsp3) is 0.389. The number of hydrogen-bond acceptors (Lipinski definition) is 3. The van der Waals surface area contributed by atoms with Crippen molar-refractivity contribution in [1.82, 2.24) is 9.88 Å². The first-order valence-electron chi connectivity index (χ1n) is 7.69. The third-order valence-electron chi connectivity index (χ3n) is 4.24. The van der Waals surface area contributed by atoms with Crippen LogP contribution in [0.4, 0.5) is 0 Å². The molecule has 3 nitrogen and oxygen atoms in total. The maximum atomic E-state index is 6.30. The quantitative estimate of drug-likeness (QED) is 0.852. The highest BCUT2D eigenvalue weighted by Gasteiger charge is 2.18. The molecule has 4 heteroatoms. The molecule has 0 bridgehead atoms. The van der Waals surface area contributed by atoms with E-state index in [9.17, 15) is 0 Å². The summed E-state index contributed by atoms with van der Waals surface area (Å²) in [7, 11) is 0. The molecule has 0 spiro atoms. The number of aromatic nitrogens is 1. The molecule has 1 saturated heterocycles. The van der Waals surface area contributed by atoms with Crippen LogP contribution in [0.2, 0.25) is 5.02 Å². The lowest BCUT2D eigenvalue weighted by atomic mass is 10.0. The molecule has 3 rings (SSSR count). The molecule has 1 aromatic heterocycles. The van der Waals surface area contributed by atoms with E-state index >= 15 is 0 Å². The molecule has 116 valence electrons. The van der Waals surface area contributed by atoms with Gasteiger partial charge < -0.3 is 4.74 Å². The van der Waals surface area contributed by atoms with Gasteiger partial charge in [0.15, 0.2) is 0 Å². The topological polar surface area (TPSA) is 25.4 Å². The maximum Gasteiger partial charge on any atom is 0.0888 e. The van der Waals surface area contributed by atoms with Crippen LogP contribution in [-0.4, -0.2) is 36.2 Å². The molecule has 1 aromatic carbocycles. The molecule has 1 atom stereocenters. The summed E-state index contributed by atoms with van der Waals surface area (Å²) < 4.78 is 5.42. The Hall–Kier alpha value is -1.42. The van der Waals surface area contributed by atoms with Gasteiger partial charge in [0.1, 0.15) is 0 Å². The van der Waals surface area contributed by atoms with Crippen LogP contribution < -0.4 is 0 Å². The Morgan fingerprint density at radius 3 is 2.50 bits per heavy atom. The summed E-state index contributed by atoms with van der Waals surface area (Å²) in [6, 6.07) is 10.9. The average molecular weight is 317 g/mol. The van der Waals surface area contributed by atoms with Crippen LogP contribution in [0, 0.1) is 6.92 Å². The van der Waals surface area contributed by atoms with Crippen molar-refractivity contribution < 1.29 is 4.74 Å². The minimum absolute atomic E-state index is 0.402. The van der Waals surface area contributed by atoms with E-state index in [1.54, 1.807) is 0 Å². The van der Waals surface area contributed by atoms with Gasteiger partial charge in [-0.1, -0.05) is 35.9 Å². The Kier molecular flexibility index (Phi) is 4.77. The first kappa shape index (κ1) is 15.5. The molecule has 0 saturated carbocycles. The van der Waals surface area contributed by atoms with Crippen LogP contribution in [0.15, 0.2) is 36.5 Å². The van der Waals surface area contributed by atoms with Gasteiger partial charge in [0.2, 0.25) is 0 Å². The summed E-state index contributed by atoms with van der Waals surface area (Å²) in [5.41, 5.74) is 4.29. The van der Waals surface area contributed by atoms with Crippen LogP contribution in [0.3, 0.4) is 0 Å². The van der Waals surface area contributed by atoms with E-state index in [-0.39, 0.29) is 0 Å². The number of morpholine rings is 1. The first-order valence-corrected chi connectivity index (χ1v) is 8.07. The lowest BCUT2D eigenvalue weighted by molar-refractivity contribution is 0.0198. The number of nitrogens with zero attached hydrogens (tertiary/aromatic N) is 2. The Labute approximate surface area is 136 Å². The summed E-state index contributed by atoms with van der Waals surface area (Å²) in [5.74, 6) is 0. The highest BCUT2D eigenvalue weighted by atomic mass is 35.5. The van der Waals surface area contributed by atoms with Crippen molar-refractivity contribution in [2.24, 2.45) is 0 Å². The van der Waals surface area contributed by atoms with Gasteiger partial charge in [-0.05, 0) is 31.0 Å². The summed E-state index contributed by atoms with van der Waals surface area (Å²) in [6.45, 7) is 7.88. The van der Waals surface area contributed by atoms with Gasteiger partial charge in [0.05, 0.1) is 23.9 Å². The molecule has 0 amide bonds. The normalized spacial score (nSPS) is 17.4. The fourth-order valence-corrected chi connectivity index (χ4v) is 3.17. The lowest BCUT2D eigenvalue weighted by Gasteiger charge is -2.32. The highest BCUT2D eigenvalue weighted by Crippen LogP contribution is 2.28. The van der Waals surface area contributed by atoms with Crippen molar-refractivity contribution in [1.29, 1.82) is 0 Å². The number of halogens is 1. The monoisotopic (exact) mass is 316 g/mol. The smallest absolute Gasteiger partial charge is 0.0888 e. The standard InChI is InChI=1S/C18H21ClN2O/c1-13-11-17(19)18(20-12-13)16-5-3-15(4-6-16)14(2)21-7-9-22-10-8-21/h3-6,11-12,14H,7-10H2,1-2H3. The van der Waals surface area contributed by atoms with Gasteiger partial charge in [0, 0.05) is 30.9 Å². The number of hydrogen-bond donors (Lipinski definition) is 0. The zero-order valence-corrected chi connectivity index (χ0v) is 13.8. The van der Waals surface area contributed by atoms with Gasteiger partial charge in [-0.25, -0.2) is 0 Å². The zero-order valence-electron chi connectivity index (χ0n) is 13.1. The number of aryl methyl sites for hydroxylation is 1. The van der Waals surface area contributed by atoms with E-state index in [2.05, 4.69) is 41.1 Å². The van der Waals surface area contributed by atoms with Crippen LogP contribution in [0.1, 0.15) is 24.1 Å². The van der Waals surface area contributed by atoms with Crippen molar-refractivity contribution in [2.45, 2.75) is 19.9 Å². The van der Waals surface area contributed by atoms with Gasteiger partial charge in [-0.3, -0.25) is 9.88 Å². The van der Waals surface area contributed by atoms with E-state index < -0.39 is 0 Å². The number of pyridine rings is 1. The van der Waals surface area contributed by atoms with Crippen molar-refractivity contribution in [3.05, 3.63) is 52.7 Å². The molecule has 1 unspecified atom stereocenters. The molecule has 22 heavy (non-hydrogen) atoms. The van der Waals surface area contributed by atoms with E-state index in [1.165, 1.54) is 5.56 Å². The van der Waals surface area contributed by atoms with Gasteiger partial charge in [-0.15, -0.1) is 0 Å². The van der Waals surface area contributed by atoms with Crippen LogP contribution in [0.5, 0.6) is 0 Å². The maximum absolute atomic E-state index is 6.30. The summed E-state index contributed by atoms with van der Waals surface area (Å²) in [4.78, 5) is 6.91. The second-order valence-corrected chi connectivity index (χ2v) is 6.20. The molecule has 2 aromatic rings. The molecule has 1 aliphatic rings. The van der Waals surface area contributed by atoms with E-state index in [1.807, 2.05) is 19.2 Å². The number of ether oxygens (including phenoxy) is 1. The molecule has 0 N–H and O–H groups in total. The minimum atomic E-state index is 0.402.